The Morgan fingerprint density at radius 3 is 2.73 bits per heavy atom. The highest BCUT2D eigenvalue weighted by molar-refractivity contribution is 6.09. The molecule has 2 aliphatic carbocycles. The normalized spacial score (nSPS) is 19.7. The molecule has 7 nitrogen and oxygen atoms in total. The number of nitrogens with zero attached hydrogens (tertiary/aromatic N) is 2. The molecule has 1 aromatic heterocycles. The summed E-state index contributed by atoms with van der Waals surface area (Å²) in [6, 6.07) is 14.4. The first-order valence-corrected chi connectivity index (χ1v) is 13.8. The van der Waals surface area contributed by atoms with Gasteiger partial charge in [-0.25, -0.2) is 4.68 Å². The second-order valence-electron chi connectivity index (χ2n) is 11.0. The highest BCUT2D eigenvalue weighted by Crippen LogP contribution is 2.44. The molecule has 6 rings (SSSR count). The van der Waals surface area contributed by atoms with E-state index in [-0.39, 0.29) is 24.8 Å². The number of alkyl halides is 3. The topological polar surface area (TPSA) is 85.2 Å². The molecule has 10 heteroatoms. The van der Waals surface area contributed by atoms with Crippen LogP contribution in [0.5, 0.6) is 5.75 Å². The van der Waals surface area contributed by atoms with Crippen molar-refractivity contribution >= 4 is 17.6 Å². The van der Waals surface area contributed by atoms with Gasteiger partial charge in [0.25, 0.3) is 11.8 Å². The highest BCUT2D eigenvalue weighted by Gasteiger charge is 2.46. The summed E-state index contributed by atoms with van der Waals surface area (Å²) in [4.78, 5) is 26.7. The van der Waals surface area contributed by atoms with Crippen LogP contribution in [-0.2, 0) is 24.9 Å². The maximum Gasteiger partial charge on any atom is 0.389 e. The lowest BCUT2D eigenvalue weighted by atomic mass is 9.82. The van der Waals surface area contributed by atoms with Gasteiger partial charge in [0.15, 0.2) is 0 Å². The fraction of sp³-hybridized carbons (Fsp3) is 0.433. The van der Waals surface area contributed by atoms with Gasteiger partial charge in [-0.05, 0) is 67.0 Å². The molecule has 0 unspecified atom stereocenters. The lowest BCUT2D eigenvalue weighted by Gasteiger charge is -2.35. The molecule has 1 saturated carbocycles. The molecule has 0 bridgehead atoms. The van der Waals surface area contributed by atoms with Crippen LogP contribution in [-0.4, -0.2) is 34.4 Å². The summed E-state index contributed by atoms with van der Waals surface area (Å²) in [7, 11) is 0. The molecule has 1 spiro atoms. The molecule has 1 atom stereocenters. The third-order valence-corrected chi connectivity index (χ3v) is 8.07. The monoisotopic (exact) mass is 552 g/mol. The average Bonchev–Trinajstić information content (AvgIpc) is 3.61. The van der Waals surface area contributed by atoms with Gasteiger partial charge in [0.2, 0.25) is 0 Å². The van der Waals surface area contributed by atoms with E-state index in [9.17, 15) is 22.8 Å². The zero-order valence-electron chi connectivity index (χ0n) is 22.0. The predicted molar refractivity (Wildman–Crippen MR) is 142 cm³/mol. The zero-order chi connectivity index (χ0) is 27.9. The number of benzene rings is 2. The van der Waals surface area contributed by atoms with Gasteiger partial charge < -0.3 is 15.4 Å². The molecule has 2 N–H and O–H groups in total. The zero-order valence-corrected chi connectivity index (χ0v) is 22.0. The Hall–Kier alpha value is -3.82. The van der Waals surface area contributed by atoms with E-state index in [2.05, 4.69) is 10.6 Å². The molecule has 2 aromatic carbocycles. The number of hydrogen-bond acceptors (Lipinski definition) is 4. The molecule has 3 aromatic rings. The number of nitrogens with one attached hydrogen (secondary N) is 2. The van der Waals surface area contributed by atoms with Crippen LogP contribution < -0.4 is 15.4 Å². The number of aromatic nitrogens is 2. The van der Waals surface area contributed by atoms with Crippen LogP contribution in [0.25, 0.3) is 0 Å². The second-order valence-corrected chi connectivity index (χ2v) is 11.0. The van der Waals surface area contributed by atoms with Gasteiger partial charge in [0.1, 0.15) is 17.1 Å². The quantitative estimate of drug-likeness (QED) is 0.330. The van der Waals surface area contributed by atoms with Gasteiger partial charge in [-0.3, -0.25) is 9.59 Å². The van der Waals surface area contributed by atoms with Crippen LogP contribution in [0.3, 0.4) is 0 Å². The Bertz CT molecular complexity index is 1430. The molecular formula is C30H31F3N4O3. The molecule has 0 radical (unpaired) electrons. The van der Waals surface area contributed by atoms with Crippen molar-refractivity contribution in [2.45, 2.75) is 69.6 Å². The SMILES string of the molecule is O=C(Nc1c2c(nn1CCC1CC1)C[C@]1(CCc3cc(OCCCC(F)(F)F)ccc31)NC2=O)c1ccccc1. The summed E-state index contributed by atoms with van der Waals surface area (Å²) < 4.78 is 44.6. The predicted octanol–water partition coefficient (Wildman–Crippen LogP) is 5.78. The molecule has 1 aliphatic heterocycles. The van der Waals surface area contributed by atoms with Crippen molar-refractivity contribution in [2.75, 3.05) is 11.9 Å². The van der Waals surface area contributed by atoms with Crippen LogP contribution in [0.2, 0.25) is 0 Å². The van der Waals surface area contributed by atoms with Crippen molar-refractivity contribution in [1.29, 1.82) is 0 Å². The number of rotatable bonds is 9. The van der Waals surface area contributed by atoms with E-state index in [1.807, 2.05) is 18.2 Å². The smallest absolute Gasteiger partial charge is 0.389 e. The standard InChI is InChI=1S/C30H31F3N4O3/c31-30(32,33)13-4-16-40-22-9-10-23-21(17-22)11-14-29(23)18-24-25(28(39)35-29)26(37(36-24)15-12-19-7-8-19)34-27(38)20-5-2-1-3-6-20/h1-3,5-6,9-10,17,19H,4,7-8,11-16,18H2,(H,34,38)(H,35,39)/t29-/m0/s1. The second kappa shape index (κ2) is 10.3. The van der Waals surface area contributed by atoms with Crippen LogP contribution in [0, 0.1) is 5.92 Å². The van der Waals surface area contributed by atoms with Gasteiger partial charge in [0, 0.05) is 24.9 Å². The molecule has 3 aliphatic rings. The summed E-state index contributed by atoms with van der Waals surface area (Å²) in [5, 5.41) is 11.0. The van der Waals surface area contributed by atoms with Crippen molar-refractivity contribution in [3.8, 4) is 5.75 Å². The number of aryl methyl sites for hydroxylation is 2. The maximum absolute atomic E-state index is 13.6. The third kappa shape index (κ3) is 5.44. The Kier molecular flexibility index (Phi) is 6.80. The lowest BCUT2D eigenvalue weighted by Crippen LogP contribution is -2.49. The largest absolute Gasteiger partial charge is 0.494 e. The maximum atomic E-state index is 13.6. The highest BCUT2D eigenvalue weighted by atomic mass is 19.4. The van der Waals surface area contributed by atoms with E-state index in [4.69, 9.17) is 9.84 Å². The minimum atomic E-state index is -4.19. The summed E-state index contributed by atoms with van der Waals surface area (Å²) in [5.74, 6) is 1.04. The molecule has 2 amide bonds. The Morgan fingerprint density at radius 1 is 1.18 bits per heavy atom. The average molecular weight is 553 g/mol. The van der Waals surface area contributed by atoms with E-state index >= 15 is 0 Å². The lowest BCUT2D eigenvalue weighted by molar-refractivity contribution is -0.136. The molecule has 1 fully saturated rings. The Morgan fingerprint density at radius 2 is 1.98 bits per heavy atom. The first-order chi connectivity index (χ1) is 19.2. The van der Waals surface area contributed by atoms with Gasteiger partial charge in [-0.15, -0.1) is 0 Å². The van der Waals surface area contributed by atoms with E-state index in [1.54, 1.807) is 35.0 Å². The van der Waals surface area contributed by atoms with Crippen molar-refractivity contribution in [2.24, 2.45) is 5.92 Å². The number of fused-ring (bicyclic) bond motifs is 3. The molecule has 0 saturated heterocycles. The summed E-state index contributed by atoms with van der Waals surface area (Å²) in [5.41, 5.74) is 2.90. The number of anilines is 1. The van der Waals surface area contributed by atoms with Crippen LogP contribution in [0.1, 0.15) is 76.1 Å². The Balaban J connectivity index is 1.24. The molecular weight excluding hydrogens is 521 g/mol. The fourth-order valence-corrected chi connectivity index (χ4v) is 5.85. The summed E-state index contributed by atoms with van der Waals surface area (Å²) in [6.07, 6.45) is 0.0133. The van der Waals surface area contributed by atoms with Crippen molar-refractivity contribution < 1.29 is 27.5 Å². The number of amides is 2. The number of hydrogen-bond donors (Lipinski definition) is 2. The van der Waals surface area contributed by atoms with Crippen molar-refractivity contribution in [1.82, 2.24) is 15.1 Å². The number of carbonyl (C=O) groups is 2. The number of carbonyl (C=O) groups excluding carboxylic acids is 2. The first kappa shape index (κ1) is 26.4. The third-order valence-electron chi connectivity index (χ3n) is 8.07. The summed E-state index contributed by atoms with van der Waals surface area (Å²) in [6.45, 7) is 0.604. The van der Waals surface area contributed by atoms with Crippen LogP contribution >= 0.6 is 0 Å². The number of halogens is 3. The van der Waals surface area contributed by atoms with Gasteiger partial charge >= 0.3 is 6.18 Å². The molecule has 40 heavy (non-hydrogen) atoms. The number of ether oxygens (including phenoxy) is 1. The van der Waals surface area contributed by atoms with E-state index in [1.165, 1.54) is 12.8 Å². The molecule has 2 heterocycles. The van der Waals surface area contributed by atoms with Crippen molar-refractivity contribution in [3.05, 3.63) is 76.5 Å². The minimum Gasteiger partial charge on any atom is -0.494 e. The van der Waals surface area contributed by atoms with Gasteiger partial charge in [-0.2, -0.15) is 18.3 Å². The van der Waals surface area contributed by atoms with Gasteiger partial charge in [0.05, 0.1) is 17.8 Å². The first-order valence-electron chi connectivity index (χ1n) is 13.8. The molecule has 210 valence electrons. The fourth-order valence-electron chi connectivity index (χ4n) is 5.85. The van der Waals surface area contributed by atoms with Crippen molar-refractivity contribution in [3.63, 3.8) is 0 Å². The van der Waals surface area contributed by atoms with Gasteiger partial charge in [-0.1, -0.05) is 37.1 Å². The summed E-state index contributed by atoms with van der Waals surface area (Å²) >= 11 is 0. The van der Waals surface area contributed by atoms with Crippen LogP contribution in [0.15, 0.2) is 48.5 Å². The van der Waals surface area contributed by atoms with E-state index < -0.39 is 18.1 Å². The minimum absolute atomic E-state index is 0.0146. The Labute approximate surface area is 230 Å². The van der Waals surface area contributed by atoms with Crippen LogP contribution in [0.4, 0.5) is 19.0 Å². The van der Waals surface area contributed by atoms with E-state index in [0.29, 0.717) is 60.1 Å². The van der Waals surface area contributed by atoms with E-state index in [0.717, 1.165) is 17.5 Å².